The molecule has 1 heteroatoms. The Kier molecular flexibility index (Phi) is 6.33. The fourth-order valence-electron chi connectivity index (χ4n) is 13.6. The van der Waals surface area contributed by atoms with Gasteiger partial charge in [-0.2, -0.15) is 0 Å². The first-order valence-electron chi connectivity index (χ1n) is 20.9. The minimum atomic E-state index is 0.182. The van der Waals surface area contributed by atoms with Crippen molar-refractivity contribution in [3.8, 4) is 33.4 Å². The van der Waals surface area contributed by atoms with Crippen LogP contribution in [0.4, 0.5) is 17.1 Å². The molecular formula is C55H43N. The molecule has 56 heavy (non-hydrogen) atoms. The number of hydrogen-bond donors (Lipinski definition) is 0. The molecule has 5 aliphatic carbocycles. The van der Waals surface area contributed by atoms with E-state index in [-0.39, 0.29) is 5.41 Å². The van der Waals surface area contributed by atoms with Gasteiger partial charge in [-0.15, -0.1) is 0 Å². The fourth-order valence-corrected chi connectivity index (χ4v) is 13.6. The fraction of sp³-hybridized carbons (Fsp3) is 0.200. The molecule has 0 aromatic heterocycles. The summed E-state index contributed by atoms with van der Waals surface area (Å²) in [6.45, 7) is 0. The van der Waals surface area contributed by atoms with Crippen molar-refractivity contribution >= 4 is 38.6 Å². The topological polar surface area (TPSA) is 3.24 Å². The van der Waals surface area contributed by atoms with E-state index in [4.69, 9.17) is 0 Å². The van der Waals surface area contributed by atoms with Gasteiger partial charge in [0, 0.05) is 22.5 Å². The summed E-state index contributed by atoms with van der Waals surface area (Å²) in [6, 6.07) is 66.4. The van der Waals surface area contributed by atoms with E-state index in [1.165, 1.54) is 104 Å². The summed E-state index contributed by atoms with van der Waals surface area (Å²) in [5.74, 6) is 3.49. The van der Waals surface area contributed by atoms with Crippen molar-refractivity contribution < 1.29 is 0 Å². The van der Waals surface area contributed by atoms with Crippen molar-refractivity contribution in [2.24, 2.45) is 29.1 Å². The molecule has 6 unspecified atom stereocenters. The van der Waals surface area contributed by atoms with Crippen LogP contribution < -0.4 is 4.90 Å². The maximum atomic E-state index is 2.57. The van der Waals surface area contributed by atoms with Crippen molar-refractivity contribution in [2.75, 3.05) is 4.90 Å². The second kappa shape index (κ2) is 11.3. The van der Waals surface area contributed by atoms with Crippen LogP contribution in [0.3, 0.4) is 0 Å². The Hall–Kier alpha value is -5.92. The van der Waals surface area contributed by atoms with Crippen molar-refractivity contribution in [3.63, 3.8) is 0 Å². The van der Waals surface area contributed by atoms with Crippen molar-refractivity contribution in [1.29, 1.82) is 0 Å². The van der Waals surface area contributed by atoms with E-state index in [0.717, 1.165) is 23.7 Å². The summed E-state index contributed by atoms with van der Waals surface area (Å²) in [5.41, 5.74) is 15.6. The molecule has 0 radical (unpaired) electrons. The van der Waals surface area contributed by atoms with Gasteiger partial charge < -0.3 is 4.90 Å². The molecule has 5 aliphatic rings. The Morgan fingerprint density at radius 2 is 0.946 bits per heavy atom. The molecular weight excluding hydrogens is 675 g/mol. The van der Waals surface area contributed by atoms with E-state index in [1.54, 1.807) is 11.1 Å². The Bertz CT molecular complexity index is 2750. The quantitative estimate of drug-likeness (QED) is 0.171. The van der Waals surface area contributed by atoms with Gasteiger partial charge in [0.25, 0.3) is 0 Å². The third-order valence-electron chi connectivity index (χ3n) is 15.6. The van der Waals surface area contributed by atoms with Crippen molar-refractivity contribution in [1.82, 2.24) is 0 Å². The van der Waals surface area contributed by atoms with E-state index < -0.39 is 0 Å². The molecule has 0 N–H and O–H groups in total. The Labute approximate surface area is 329 Å². The Morgan fingerprint density at radius 3 is 1.62 bits per heavy atom. The molecule has 13 rings (SSSR count). The Morgan fingerprint density at radius 1 is 0.411 bits per heavy atom. The van der Waals surface area contributed by atoms with Crippen LogP contribution in [0.5, 0.6) is 0 Å². The van der Waals surface area contributed by atoms with Crippen LogP contribution >= 0.6 is 0 Å². The lowest BCUT2D eigenvalue weighted by molar-refractivity contribution is -0.0193. The van der Waals surface area contributed by atoms with Crippen LogP contribution in [0.1, 0.15) is 43.2 Å². The van der Waals surface area contributed by atoms with Crippen molar-refractivity contribution in [3.05, 3.63) is 187 Å². The number of nitrogens with zero attached hydrogens (tertiary/aromatic N) is 1. The van der Waals surface area contributed by atoms with E-state index in [0.29, 0.717) is 5.41 Å². The lowest BCUT2D eigenvalue weighted by Gasteiger charge is -2.54. The standard InChI is InChI=1S/C55H43N/c1-3-13-45-36(9-1)11-7-16-47(45)38-19-23-42(24-20-38)56(43-25-21-39(22-26-43)48-17-8-12-37-10-2-4-14-46(37)48)44-27-28-52-50(32-44)49-15-5-6-18-51(49)55(52)41-30-35-29-40-31-53(55)54(40,33-35)34-41/h1-28,32,35,40-41,53H,29-31,33-34H2. The highest BCUT2D eigenvalue weighted by molar-refractivity contribution is 5.98. The van der Waals surface area contributed by atoms with Crippen LogP contribution in [0.25, 0.3) is 54.9 Å². The number of rotatable bonds is 5. The largest absolute Gasteiger partial charge is 0.310 e. The highest BCUT2D eigenvalue weighted by Crippen LogP contribution is 2.83. The van der Waals surface area contributed by atoms with E-state index in [2.05, 4.69) is 181 Å². The van der Waals surface area contributed by atoms with Gasteiger partial charge in [-0.3, -0.25) is 0 Å². The first-order chi connectivity index (χ1) is 27.7. The summed E-state index contributed by atoms with van der Waals surface area (Å²) in [5, 5.41) is 5.12. The second-order valence-electron chi connectivity index (χ2n) is 17.8. The van der Waals surface area contributed by atoms with Gasteiger partial charge in [-0.05, 0) is 164 Å². The molecule has 0 heterocycles. The summed E-state index contributed by atoms with van der Waals surface area (Å²) >= 11 is 0. The number of anilines is 3. The molecule has 268 valence electrons. The van der Waals surface area contributed by atoms with E-state index in [1.807, 2.05) is 0 Å². The summed E-state index contributed by atoms with van der Waals surface area (Å²) in [6.07, 6.45) is 7.30. The van der Waals surface area contributed by atoms with Crippen LogP contribution in [0.2, 0.25) is 0 Å². The molecule has 4 fully saturated rings. The lowest BCUT2D eigenvalue weighted by atomic mass is 9.49. The molecule has 0 saturated heterocycles. The molecule has 1 nitrogen and oxygen atoms in total. The summed E-state index contributed by atoms with van der Waals surface area (Å²) in [4.78, 5) is 2.49. The van der Waals surface area contributed by atoms with Crippen molar-refractivity contribution in [2.45, 2.75) is 37.5 Å². The van der Waals surface area contributed by atoms with Crippen LogP contribution in [-0.2, 0) is 5.41 Å². The molecule has 0 amide bonds. The first kappa shape index (κ1) is 31.3. The number of hydrogen-bond acceptors (Lipinski definition) is 1. The van der Waals surface area contributed by atoms with E-state index >= 15 is 0 Å². The molecule has 3 bridgehead atoms. The smallest absolute Gasteiger partial charge is 0.0468 e. The van der Waals surface area contributed by atoms with Gasteiger partial charge in [-0.1, -0.05) is 140 Å². The zero-order valence-electron chi connectivity index (χ0n) is 31.5. The molecule has 0 aliphatic heterocycles. The summed E-state index contributed by atoms with van der Waals surface area (Å²) < 4.78 is 0. The van der Waals surface area contributed by atoms with Crippen LogP contribution in [0.15, 0.2) is 176 Å². The predicted molar refractivity (Wildman–Crippen MR) is 233 cm³/mol. The SMILES string of the molecule is c1ccc2c(c1)-c1cc(N(c3ccc(-c4cccc5ccccc45)cc3)c3ccc(-c4cccc5ccccc45)cc3)ccc1C21C2CC3CC4CC1C4(C3)C2. The van der Waals surface area contributed by atoms with E-state index in [9.17, 15) is 0 Å². The third kappa shape index (κ3) is 4.06. The van der Waals surface area contributed by atoms with Crippen LogP contribution in [0, 0.1) is 29.1 Å². The van der Waals surface area contributed by atoms with Crippen LogP contribution in [-0.4, -0.2) is 0 Å². The molecule has 8 aromatic carbocycles. The molecule has 2 spiro atoms. The van der Waals surface area contributed by atoms with Gasteiger partial charge in [0.15, 0.2) is 0 Å². The number of fused-ring (bicyclic) bond motifs is 11. The predicted octanol–water partition coefficient (Wildman–Crippen LogP) is 14.5. The minimum Gasteiger partial charge on any atom is -0.310 e. The maximum absolute atomic E-state index is 2.57. The minimum absolute atomic E-state index is 0.182. The normalized spacial score (nSPS) is 26.0. The third-order valence-corrected chi connectivity index (χ3v) is 15.6. The van der Waals surface area contributed by atoms with Gasteiger partial charge in [0.1, 0.15) is 0 Å². The van der Waals surface area contributed by atoms with Gasteiger partial charge in [0.05, 0.1) is 0 Å². The molecule has 4 saturated carbocycles. The molecule has 8 aromatic rings. The second-order valence-corrected chi connectivity index (χ2v) is 17.8. The molecule has 6 atom stereocenters. The zero-order valence-corrected chi connectivity index (χ0v) is 31.5. The zero-order chi connectivity index (χ0) is 36.6. The summed E-state index contributed by atoms with van der Waals surface area (Å²) in [7, 11) is 0. The highest BCUT2D eigenvalue weighted by atomic mass is 15.1. The first-order valence-corrected chi connectivity index (χ1v) is 20.9. The average molecular weight is 718 g/mol. The van der Waals surface area contributed by atoms with Gasteiger partial charge >= 0.3 is 0 Å². The monoisotopic (exact) mass is 717 g/mol. The van der Waals surface area contributed by atoms with Gasteiger partial charge in [0.2, 0.25) is 0 Å². The maximum Gasteiger partial charge on any atom is 0.0468 e. The highest BCUT2D eigenvalue weighted by Gasteiger charge is 2.76. The Balaban J connectivity index is 0.960. The average Bonchev–Trinajstić information content (AvgIpc) is 3.71. The lowest BCUT2D eigenvalue weighted by Crippen LogP contribution is -2.50. The van der Waals surface area contributed by atoms with Gasteiger partial charge in [-0.25, -0.2) is 0 Å². The number of benzene rings is 8.